The quantitative estimate of drug-likeness (QED) is 0.554. The predicted octanol–water partition coefficient (Wildman–Crippen LogP) is 1.01. The van der Waals surface area contributed by atoms with Gasteiger partial charge in [-0.1, -0.05) is 36.4 Å². The van der Waals surface area contributed by atoms with Crippen LogP contribution in [0, 0.1) is 0 Å². The maximum absolute atomic E-state index is 12.7. The first kappa shape index (κ1) is 21.0. The molecule has 0 aromatic heterocycles. The minimum absolute atomic E-state index is 0.409. The molecule has 2 amide bonds. The molecule has 0 radical (unpaired) electrons. The Labute approximate surface area is 180 Å². The van der Waals surface area contributed by atoms with Crippen molar-refractivity contribution in [3.8, 4) is 0 Å². The maximum Gasteiger partial charge on any atom is 0.259 e. The summed E-state index contributed by atoms with van der Waals surface area (Å²) in [4.78, 5) is 26.6. The van der Waals surface area contributed by atoms with Crippen LogP contribution < -0.4 is 20.7 Å². The Hall–Kier alpha value is -3.20. The zero-order valence-electron chi connectivity index (χ0n) is 17.2. The summed E-state index contributed by atoms with van der Waals surface area (Å²) < 4.78 is 0. The minimum Gasteiger partial charge on any atom is -0.380 e. The third-order valence-electron chi connectivity index (χ3n) is 5.64. The van der Waals surface area contributed by atoms with Crippen molar-refractivity contribution in [2.75, 3.05) is 23.0 Å². The van der Waals surface area contributed by atoms with Crippen molar-refractivity contribution < 1.29 is 19.8 Å². The molecule has 0 saturated heterocycles. The van der Waals surface area contributed by atoms with Gasteiger partial charge < -0.3 is 20.4 Å². The molecule has 2 aliphatic rings. The van der Waals surface area contributed by atoms with Gasteiger partial charge in [-0.2, -0.15) is 0 Å². The van der Waals surface area contributed by atoms with Crippen molar-refractivity contribution in [1.82, 2.24) is 10.7 Å². The summed E-state index contributed by atoms with van der Waals surface area (Å²) >= 11 is 0. The first-order valence-corrected chi connectivity index (χ1v) is 10.3. The molecule has 3 atom stereocenters. The number of carbonyl (C=O) groups is 2. The van der Waals surface area contributed by atoms with Crippen molar-refractivity contribution in [2.24, 2.45) is 0 Å². The number of fused-ring (bicyclic) bond motifs is 1. The van der Waals surface area contributed by atoms with Crippen LogP contribution >= 0.6 is 0 Å². The van der Waals surface area contributed by atoms with Gasteiger partial charge in [0.25, 0.3) is 11.8 Å². The molecule has 4 rings (SSSR count). The lowest BCUT2D eigenvalue weighted by molar-refractivity contribution is -0.144. The number of para-hydroxylation sites is 1. The molecule has 0 saturated carbocycles. The van der Waals surface area contributed by atoms with Crippen LogP contribution in [0.15, 0.2) is 60.8 Å². The van der Waals surface area contributed by atoms with Gasteiger partial charge in [0.15, 0.2) is 12.2 Å². The van der Waals surface area contributed by atoms with Gasteiger partial charge in [0.2, 0.25) is 0 Å². The predicted molar refractivity (Wildman–Crippen MR) is 117 cm³/mol. The molecular formula is C23H26N4O4. The van der Waals surface area contributed by atoms with Gasteiger partial charge in [-0.3, -0.25) is 14.6 Å². The standard InChI is InChI=1S/C23H26N4O4/c1-15(16-7-9-18(10-8-16)27-13-4-12-24-27)25-22(30)20(28)21(29)23(31)26-14-11-17-5-2-3-6-19(17)26/h2-10,13,15,20-21,24,28-29H,11-12,14H2,1H3,(H,25,30)/t15-,20-,21-/m1/s1. The summed E-state index contributed by atoms with van der Waals surface area (Å²) in [5.41, 5.74) is 6.68. The summed E-state index contributed by atoms with van der Waals surface area (Å²) in [6.45, 7) is 2.96. The topological polar surface area (TPSA) is 105 Å². The van der Waals surface area contributed by atoms with Gasteiger partial charge in [-0.15, -0.1) is 0 Å². The number of nitrogens with zero attached hydrogens (tertiary/aromatic N) is 2. The molecule has 2 aromatic carbocycles. The lowest BCUT2D eigenvalue weighted by Gasteiger charge is -2.25. The Bertz CT molecular complexity index is 991. The molecule has 2 heterocycles. The second-order valence-electron chi connectivity index (χ2n) is 7.70. The molecule has 0 fully saturated rings. The molecule has 8 nitrogen and oxygen atoms in total. The fraction of sp³-hybridized carbons (Fsp3) is 0.304. The molecule has 0 spiro atoms. The number of carbonyl (C=O) groups excluding carboxylic acids is 2. The SMILES string of the molecule is C[C@@H](NC(=O)[C@H](O)[C@@H](O)C(=O)N1CCc2ccccc21)c1ccc(N2C=CCN2)cc1. The molecule has 2 aromatic rings. The number of hydrogen-bond donors (Lipinski definition) is 4. The van der Waals surface area contributed by atoms with Gasteiger partial charge in [-0.25, -0.2) is 5.43 Å². The van der Waals surface area contributed by atoms with E-state index in [1.54, 1.807) is 13.0 Å². The van der Waals surface area contributed by atoms with Gasteiger partial charge in [0.05, 0.1) is 11.7 Å². The highest BCUT2D eigenvalue weighted by molar-refractivity contribution is 6.01. The van der Waals surface area contributed by atoms with E-state index in [2.05, 4.69) is 10.7 Å². The monoisotopic (exact) mass is 422 g/mol. The number of aliphatic hydroxyl groups excluding tert-OH is 2. The van der Waals surface area contributed by atoms with Crippen molar-refractivity contribution in [1.29, 1.82) is 0 Å². The third kappa shape index (κ3) is 4.32. The van der Waals surface area contributed by atoms with Crippen LogP contribution in [0.1, 0.15) is 24.1 Å². The van der Waals surface area contributed by atoms with E-state index in [1.807, 2.05) is 59.7 Å². The number of hydrogen-bond acceptors (Lipinski definition) is 6. The summed E-state index contributed by atoms with van der Waals surface area (Å²) in [6, 6.07) is 14.6. The van der Waals surface area contributed by atoms with E-state index in [0.717, 1.165) is 23.4 Å². The average Bonchev–Trinajstić information content (AvgIpc) is 3.48. The van der Waals surface area contributed by atoms with Gasteiger partial charge >= 0.3 is 0 Å². The van der Waals surface area contributed by atoms with Crippen LogP contribution in [0.5, 0.6) is 0 Å². The number of benzene rings is 2. The number of anilines is 2. The van der Waals surface area contributed by atoms with E-state index in [4.69, 9.17) is 0 Å². The van der Waals surface area contributed by atoms with Crippen LogP contribution in [0.25, 0.3) is 0 Å². The molecule has 2 aliphatic heterocycles. The molecular weight excluding hydrogens is 396 g/mol. The third-order valence-corrected chi connectivity index (χ3v) is 5.64. The normalized spacial score (nSPS) is 17.9. The zero-order chi connectivity index (χ0) is 22.0. The van der Waals surface area contributed by atoms with Crippen molar-refractivity contribution >= 4 is 23.2 Å². The van der Waals surface area contributed by atoms with Crippen molar-refractivity contribution in [3.63, 3.8) is 0 Å². The Morgan fingerprint density at radius 3 is 2.52 bits per heavy atom. The Kier molecular flexibility index (Phi) is 6.03. The number of aliphatic hydroxyl groups is 2. The van der Waals surface area contributed by atoms with E-state index >= 15 is 0 Å². The molecule has 31 heavy (non-hydrogen) atoms. The lowest BCUT2D eigenvalue weighted by Crippen LogP contribution is -2.51. The van der Waals surface area contributed by atoms with E-state index < -0.39 is 30.1 Å². The molecule has 0 aliphatic carbocycles. The maximum atomic E-state index is 12.7. The van der Waals surface area contributed by atoms with Crippen LogP contribution in [0.3, 0.4) is 0 Å². The van der Waals surface area contributed by atoms with Crippen LogP contribution in [0.4, 0.5) is 11.4 Å². The summed E-state index contributed by atoms with van der Waals surface area (Å²) in [6.07, 6.45) is 0.918. The van der Waals surface area contributed by atoms with Crippen LogP contribution in [-0.4, -0.2) is 47.3 Å². The largest absolute Gasteiger partial charge is 0.380 e. The highest BCUT2D eigenvalue weighted by Gasteiger charge is 2.36. The van der Waals surface area contributed by atoms with Crippen LogP contribution in [0.2, 0.25) is 0 Å². The molecule has 0 unspecified atom stereocenters. The van der Waals surface area contributed by atoms with E-state index in [1.165, 1.54) is 4.90 Å². The van der Waals surface area contributed by atoms with Gasteiger partial charge in [0, 0.05) is 25.0 Å². The number of rotatable bonds is 6. The molecule has 162 valence electrons. The highest BCUT2D eigenvalue weighted by atomic mass is 16.3. The first-order chi connectivity index (χ1) is 15.0. The summed E-state index contributed by atoms with van der Waals surface area (Å²) in [5.74, 6) is -1.48. The second kappa shape index (κ2) is 8.89. The smallest absolute Gasteiger partial charge is 0.259 e. The first-order valence-electron chi connectivity index (χ1n) is 10.3. The fourth-order valence-corrected chi connectivity index (χ4v) is 3.85. The molecule has 4 N–H and O–H groups in total. The Balaban J connectivity index is 1.36. The summed E-state index contributed by atoms with van der Waals surface area (Å²) in [7, 11) is 0. The fourth-order valence-electron chi connectivity index (χ4n) is 3.85. The van der Waals surface area contributed by atoms with E-state index in [0.29, 0.717) is 18.7 Å². The average molecular weight is 422 g/mol. The highest BCUT2D eigenvalue weighted by Crippen LogP contribution is 2.28. The number of nitrogens with one attached hydrogen (secondary N) is 2. The Morgan fingerprint density at radius 2 is 1.81 bits per heavy atom. The number of hydrazine groups is 1. The molecule has 8 heteroatoms. The zero-order valence-corrected chi connectivity index (χ0v) is 17.2. The summed E-state index contributed by atoms with van der Waals surface area (Å²) in [5, 5.41) is 25.2. The van der Waals surface area contributed by atoms with Gasteiger partial charge in [0.1, 0.15) is 0 Å². The van der Waals surface area contributed by atoms with E-state index in [-0.39, 0.29) is 0 Å². The minimum atomic E-state index is -1.86. The number of amides is 2. The van der Waals surface area contributed by atoms with Crippen molar-refractivity contribution in [3.05, 3.63) is 71.9 Å². The lowest BCUT2D eigenvalue weighted by atomic mass is 10.1. The van der Waals surface area contributed by atoms with E-state index in [9.17, 15) is 19.8 Å². The molecule has 0 bridgehead atoms. The van der Waals surface area contributed by atoms with Crippen LogP contribution in [-0.2, 0) is 16.0 Å². The van der Waals surface area contributed by atoms with Gasteiger partial charge in [-0.05, 0) is 42.7 Å². The second-order valence-corrected chi connectivity index (χ2v) is 7.70. The Morgan fingerprint density at radius 1 is 1.06 bits per heavy atom. The van der Waals surface area contributed by atoms with Crippen molar-refractivity contribution in [2.45, 2.75) is 31.6 Å².